The number of hydrogen-bond acceptors (Lipinski definition) is 3. The minimum Gasteiger partial charge on any atom is -0.497 e. The normalized spacial score (nSPS) is 9.38. The predicted molar refractivity (Wildman–Crippen MR) is 56.3 cm³/mol. The Hall–Kier alpha value is -1.09. The third-order valence-corrected chi connectivity index (χ3v) is 1.93. The Balaban J connectivity index is 2.82. The van der Waals surface area contributed by atoms with Crippen molar-refractivity contribution in [3.05, 3.63) is 29.8 Å². The van der Waals surface area contributed by atoms with E-state index in [1.54, 1.807) is 7.11 Å². The van der Waals surface area contributed by atoms with Crippen LogP contribution in [0.2, 0.25) is 0 Å². The molecule has 0 aromatic heterocycles. The molecular weight excluding hydrogens is 184 g/mol. The van der Waals surface area contributed by atoms with E-state index in [0.29, 0.717) is 11.7 Å². The fourth-order valence-electron chi connectivity index (χ4n) is 0.964. The second-order valence-electron chi connectivity index (χ2n) is 2.45. The smallest absolute Gasteiger partial charge is 0.191 e. The van der Waals surface area contributed by atoms with Crippen LogP contribution in [-0.4, -0.2) is 18.8 Å². The number of benzene rings is 1. The number of thiocarbonyl (C=S) groups is 1. The van der Waals surface area contributed by atoms with Gasteiger partial charge < -0.3 is 9.47 Å². The van der Waals surface area contributed by atoms with Gasteiger partial charge in [0, 0.05) is 5.56 Å². The van der Waals surface area contributed by atoms with Crippen molar-refractivity contribution in [2.45, 2.75) is 6.92 Å². The highest BCUT2D eigenvalue weighted by molar-refractivity contribution is 7.80. The van der Waals surface area contributed by atoms with Crippen LogP contribution in [0.25, 0.3) is 0 Å². The van der Waals surface area contributed by atoms with Crippen molar-refractivity contribution in [1.29, 1.82) is 0 Å². The Morgan fingerprint density at radius 1 is 1.46 bits per heavy atom. The van der Waals surface area contributed by atoms with Gasteiger partial charge in [0.25, 0.3) is 0 Å². The van der Waals surface area contributed by atoms with Gasteiger partial charge in [-0.05, 0) is 31.3 Å². The Morgan fingerprint density at radius 2 is 2.23 bits per heavy atom. The maximum absolute atomic E-state index is 5.20. The molecule has 0 unspecified atom stereocenters. The molecule has 0 aliphatic heterocycles. The lowest BCUT2D eigenvalue weighted by Crippen LogP contribution is -2.02. The van der Waals surface area contributed by atoms with Crippen molar-refractivity contribution in [3.8, 4) is 5.75 Å². The highest BCUT2D eigenvalue weighted by atomic mass is 32.1. The zero-order valence-corrected chi connectivity index (χ0v) is 8.56. The molecule has 0 radical (unpaired) electrons. The molecule has 70 valence electrons. The maximum atomic E-state index is 5.20. The quantitative estimate of drug-likeness (QED) is 0.692. The average molecular weight is 196 g/mol. The summed E-state index contributed by atoms with van der Waals surface area (Å²) in [4.78, 5) is 0. The highest BCUT2D eigenvalue weighted by Crippen LogP contribution is 2.13. The molecule has 2 nitrogen and oxygen atoms in total. The molecule has 3 heteroatoms. The van der Waals surface area contributed by atoms with Crippen LogP contribution < -0.4 is 4.74 Å². The summed E-state index contributed by atoms with van der Waals surface area (Å²) in [7, 11) is 1.63. The third kappa shape index (κ3) is 2.70. The Bertz CT molecular complexity index is 297. The Labute approximate surface area is 83.5 Å². The molecule has 0 saturated heterocycles. The largest absolute Gasteiger partial charge is 0.497 e. The fourth-order valence-corrected chi connectivity index (χ4v) is 1.21. The van der Waals surface area contributed by atoms with E-state index in [9.17, 15) is 0 Å². The lowest BCUT2D eigenvalue weighted by atomic mass is 10.2. The second-order valence-corrected chi connectivity index (χ2v) is 2.82. The lowest BCUT2D eigenvalue weighted by molar-refractivity contribution is 0.337. The highest BCUT2D eigenvalue weighted by Gasteiger charge is 2.01. The molecule has 1 aromatic rings. The standard InChI is InChI=1S/C10H12O2S/c1-3-12-10(13)8-5-4-6-9(7-8)11-2/h4-7H,3H2,1-2H3. The van der Waals surface area contributed by atoms with E-state index in [0.717, 1.165) is 11.3 Å². The molecule has 0 amide bonds. The molecule has 0 bridgehead atoms. The Morgan fingerprint density at radius 3 is 2.85 bits per heavy atom. The zero-order chi connectivity index (χ0) is 9.68. The topological polar surface area (TPSA) is 18.5 Å². The van der Waals surface area contributed by atoms with Crippen molar-refractivity contribution in [2.75, 3.05) is 13.7 Å². The number of ether oxygens (including phenoxy) is 2. The van der Waals surface area contributed by atoms with Gasteiger partial charge in [-0.1, -0.05) is 12.1 Å². The van der Waals surface area contributed by atoms with Gasteiger partial charge in [0.2, 0.25) is 0 Å². The van der Waals surface area contributed by atoms with Gasteiger partial charge in [0.15, 0.2) is 5.05 Å². The van der Waals surface area contributed by atoms with Crippen molar-refractivity contribution >= 4 is 17.3 Å². The maximum Gasteiger partial charge on any atom is 0.191 e. The summed E-state index contributed by atoms with van der Waals surface area (Å²) in [5.41, 5.74) is 0.885. The monoisotopic (exact) mass is 196 g/mol. The molecule has 13 heavy (non-hydrogen) atoms. The predicted octanol–water partition coefficient (Wildman–Crippen LogP) is 2.41. The summed E-state index contributed by atoms with van der Waals surface area (Å²) in [6.45, 7) is 2.50. The average Bonchev–Trinajstić information content (AvgIpc) is 2.18. The van der Waals surface area contributed by atoms with Gasteiger partial charge in [-0.2, -0.15) is 0 Å². The molecule has 0 heterocycles. The van der Waals surface area contributed by atoms with E-state index in [-0.39, 0.29) is 0 Å². The summed E-state index contributed by atoms with van der Waals surface area (Å²) in [5, 5.41) is 0.515. The van der Waals surface area contributed by atoms with Gasteiger partial charge in [-0.3, -0.25) is 0 Å². The van der Waals surface area contributed by atoms with Crippen LogP contribution in [0.4, 0.5) is 0 Å². The van der Waals surface area contributed by atoms with Crippen LogP contribution in [0.15, 0.2) is 24.3 Å². The fraction of sp³-hybridized carbons (Fsp3) is 0.300. The van der Waals surface area contributed by atoms with Crippen molar-refractivity contribution in [1.82, 2.24) is 0 Å². The van der Waals surface area contributed by atoms with E-state index in [4.69, 9.17) is 21.7 Å². The summed E-state index contributed by atoms with van der Waals surface area (Å²) in [6.07, 6.45) is 0. The van der Waals surface area contributed by atoms with Gasteiger partial charge in [-0.25, -0.2) is 0 Å². The molecule has 0 aliphatic rings. The second kappa shape index (κ2) is 4.82. The number of methoxy groups -OCH3 is 1. The molecule has 0 saturated carbocycles. The first kappa shape index (κ1) is 9.99. The first-order chi connectivity index (χ1) is 6.27. The first-order valence-corrected chi connectivity index (χ1v) is 4.50. The summed E-state index contributed by atoms with van der Waals surface area (Å²) in [6, 6.07) is 7.52. The van der Waals surface area contributed by atoms with Crippen LogP contribution >= 0.6 is 12.2 Å². The van der Waals surface area contributed by atoms with Gasteiger partial charge >= 0.3 is 0 Å². The van der Waals surface area contributed by atoms with Gasteiger partial charge in [0.1, 0.15) is 5.75 Å². The molecule has 0 N–H and O–H groups in total. The summed E-state index contributed by atoms with van der Waals surface area (Å²) >= 11 is 5.05. The van der Waals surface area contributed by atoms with Crippen molar-refractivity contribution < 1.29 is 9.47 Å². The van der Waals surface area contributed by atoms with Crippen LogP contribution in [0, 0.1) is 0 Å². The molecular formula is C10H12O2S. The van der Waals surface area contributed by atoms with Crippen LogP contribution in [-0.2, 0) is 4.74 Å². The van der Waals surface area contributed by atoms with Crippen molar-refractivity contribution in [2.24, 2.45) is 0 Å². The minimum absolute atomic E-state index is 0.515. The molecule has 0 fully saturated rings. The summed E-state index contributed by atoms with van der Waals surface area (Å²) < 4.78 is 10.3. The van der Waals surface area contributed by atoms with Crippen LogP contribution in [0.5, 0.6) is 5.75 Å². The van der Waals surface area contributed by atoms with E-state index in [1.807, 2.05) is 31.2 Å². The van der Waals surface area contributed by atoms with Gasteiger partial charge in [0.05, 0.1) is 13.7 Å². The van der Waals surface area contributed by atoms with Crippen LogP contribution in [0.1, 0.15) is 12.5 Å². The van der Waals surface area contributed by atoms with Crippen LogP contribution in [0.3, 0.4) is 0 Å². The number of hydrogen-bond donors (Lipinski definition) is 0. The van der Waals surface area contributed by atoms with E-state index in [1.165, 1.54) is 0 Å². The van der Waals surface area contributed by atoms with Crippen molar-refractivity contribution in [3.63, 3.8) is 0 Å². The van der Waals surface area contributed by atoms with E-state index in [2.05, 4.69) is 0 Å². The molecule has 0 aliphatic carbocycles. The molecule has 1 aromatic carbocycles. The first-order valence-electron chi connectivity index (χ1n) is 4.09. The molecule has 0 spiro atoms. The Kier molecular flexibility index (Phi) is 3.71. The van der Waals surface area contributed by atoms with E-state index >= 15 is 0 Å². The zero-order valence-electron chi connectivity index (χ0n) is 7.74. The SMILES string of the molecule is CCOC(=S)c1cccc(OC)c1. The molecule has 1 rings (SSSR count). The number of rotatable bonds is 3. The minimum atomic E-state index is 0.515. The molecule has 0 atom stereocenters. The van der Waals surface area contributed by atoms with E-state index < -0.39 is 0 Å². The summed E-state index contributed by atoms with van der Waals surface area (Å²) in [5.74, 6) is 0.791. The third-order valence-electron chi connectivity index (χ3n) is 1.58. The van der Waals surface area contributed by atoms with Gasteiger partial charge in [-0.15, -0.1) is 0 Å². The lowest BCUT2D eigenvalue weighted by Gasteiger charge is -2.06.